The minimum absolute atomic E-state index is 0.330. The molecule has 0 aliphatic heterocycles. The highest BCUT2D eigenvalue weighted by Crippen LogP contribution is 2.26. The van der Waals surface area contributed by atoms with E-state index in [1.807, 2.05) is 19.1 Å². The highest BCUT2D eigenvalue weighted by atomic mass is 16.6. The van der Waals surface area contributed by atoms with E-state index in [0.29, 0.717) is 17.0 Å². The first-order valence-corrected chi connectivity index (χ1v) is 12.2. The fraction of sp³-hybridized carbons (Fsp3) is 0.414. The summed E-state index contributed by atoms with van der Waals surface area (Å²) in [5.41, 5.74) is 1.37. The van der Waals surface area contributed by atoms with E-state index in [9.17, 15) is 14.4 Å². The zero-order valence-electron chi connectivity index (χ0n) is 22.6. The van der Waals surface area contributed by atoms with Crippen LogP contribution >= 0.6 is 0 Å². The maximum Gasteiger partial charge on any atom is 0.408 e. The van der Waals surface area contributed by atoms with Crippen LogP contribution in [0.15, 0.2) is 48.5 Å². The first-order valence-electron chi connectivity index (χ1n) is 12.2. The van der Waals surface area contributed by atoms with Crippen LogP contribution in [0.4, 0.5) is 10.5 Å². The fourth-order valence-corrected chi connectivity index (χ4v) is 3.60. The lowest BCUT2D eigenvalue weighted by atomic mass is 9.98. The van der Waals surface area contributed by atoms with Crippen LogP contribution in [0.5, 0.6) is 5.75 Å². The van der Waals surface area contributed by atoms with Crippen LogP contribution in [0, 0.1) is 18.4 Å². The van der Waals surface area contributed by atoms with Crippen LogP contribution in [-0.2, 0) is 20.7 Å². The fourth-order valence-electron chi connectivity index (χ4n) is 3.60. The van der Waals surface area contributed by atoms with Gasteiger partial charge in [0.05, 0.1) is 7.11 Å². The van der Waals surface area contributed by atoms with E-state index in [2.05, 4.69) is 16.7 Å². The molecule has 0 saturated carbocycles. The van der Waals surface area contributed by atoms with Crippen molar-refractivity contribution in [1.82, 2.24) is 10.2 Å². The van der Waals surface area contributed by atoms with Crippen molar-refractivity contribution in [2.75, 3.05) is 12.4 Å². The van der Waals surface area contributed by atoms with Gasteiger partial charge in [-0.3, -0.25) is 14.5 Å². The highest BCUT2D eigenvalue weighted by molar-refractivity contribution is 5.99. The number of nitrogens with zero attached hydrogens (tertiary/aromatic N) is 1. The molecular formula is C29H37N3O5. The van der Waals surface area contributed by atoms with Gasteiger partial charge in [0.1, 0.15) is 23.4 Å². The molecule has 2 aromatic rings. The average molecular weight is 508 g/mol. The number of rotatable bonds is 9. The number of alkyl carbamates (subject to hydrolysis) is 1. The lowest BCUT2D eigenvalue weighted by Gasteiger charge is -2.31. The van der Waals surface area contributed by atoms with Crippen molar-refractivity contribution in [3.63, 3.8) is 0 Å². The van der Waals surface area contributed by atoms with Crippen molar-refractivity contribution in [2.45, 2.75) is 65.6 Å². The van der Waals surface area contributed by atoms with Crippen molar-refractivity contribution in [3.8, 4) is 18.2 Å². The Kier molecular flexibility index (Phi) is 10.1. The van der Waals surface area contributed by atoms with Crippen LogP contribution in [0.3, 0.4) is 0 Å². The Hall–Kier alpha value is -3.99. The number of nitrogens with one attached hydrogen (secondary N) is 2. The summed E-state index contributed by atoms with van der Waals surface area (Å²) in [6.45, 7) is 10.8. The number of ether oxygens (including phenoxy) is 2. The molecule has 8 nitrogen and oxygen atoms in total. The van der Waals surface area contributed by atoms with Crippen molar-refractivity contribution in [1.29, 1.82) is 0 Å². The van der Waals surface area contributed by atoms with E-state index >= 15 is 0 Å². The maximum atomic E-state index is 13.7. The Balaban J connectivity index is 2.44. The second-order valence-corrected chi connectivity index (χ2v) is 9.92. The normalized spacial score (nSPS) is 12.6. The molecule has 8 heteroatoms. The zero-order chi connectivity index (χ0) is 27.8. The topological polar surface area (TPSA) is 97.0 Å². The van der Waals surface area contributed by atoms with Gasteiger partial charge in [-0.15, -0.1) is 0 Å². The molecule has 0 bridgehead atoms. The number of benzene rings is 2. The molecule has 0 aliphatic carbocycles. The number of methoxy groups -OCH3 is 1. The van der Waals surface area contributed by atoms with Crippen LogP contribution in [0.25, 0.3) is 0 Å². The highest BCUT2D eigenvalue weighted by Gasteiger charge is 2.37. The molecule has 2 unspecified atom stereocenters. The molecule has 198 valence electrons. The Morgan fingerprint density at radius 2 is 1.62 bits per heavy atom. The molecule has 0 spiro atoms. The van der Waals surface area contributed by atoms with Gasteiger partial charge < -0.3 is 20.1 Å². The number of hydrogen-bond donors (Lipinski definition) is 2. The minimum atomic E-state index is -1.15. The summed E-state index contributed by atoms with van der Waals surface area (Å²) in [7, 11) is 1.55. The van der Waals surface area contributed by atoms with E-state index in [1.165, 1.54) is 0 Å². The number of carbonyl (C=O) groups excluding carboxylic acids is 3. The van der Waals surface area contributed by atoms with Gasteiger partial charge in [-0.05, 0) is 68.5 Å². The maximum absolute atomic E-state index is 13.7. The largest absolute Gasteiger partial charge is 0.497 e. The number of anilines is 1. The predicted molar refractivity (Wildman–Crippen MR) is 144 cm³/mol. The summed E-state index contributed by atoms with van der Waals surface area (Å²) in [6, 6.07) is 14.4. The molecular weight excluding hydrogens is 470 g/mol. The summed E-state index contributed by atoms with van der Waals surface area (Å²) < 4.78 is 10.5. The molecule has 37 heavy (non-hydrogen) atoms. The number of terminal acetylenes is 1. The number of amides is 3. The minimum Gasteiger partial charge on any atom is -0.497 e. The monoisotopic (exact) mass is 507 g/mol. The second kappa shape index (κ2) is 12.8. The van der Waals surface area contributed by atoms with E-state index in [0.717, 1.165) is 16.9 Å². The van der Waals surface area contributed by atoms with Gasteiger partial charge in [0.15, 0.2) is 0 Å². The molecule has 0 aromatic heterocycles. The number of hydrogen-bond acceptors (Lipinski definition) is 5. The first-order chi connectivity index (χ1) is 17.4. The van der Waals surface area contributed by atoms with Gasteiger partial charge in [-0.2, -0.15) is 0 Å². The molecule has 0 radical (unpaired) electrons. The Morgan fingerprint density at radius 1 is 1.03 bits per heavy atom. The van der Waals surface area contributed by atoms with E-state index in [4.69, 9.17) is 15.9 Å². The zero-order valence-corrected chi connectivity index (χ0v) is 22.6. The quantitative estimate of drug-likeness (QED) is 0.372. The third-order valence-electron chi connectivity index (χ3n) is 5.55. The van der Waals surface area contributed by atoms with Gasteiger partial charge in [0, 0.05) is 11.7 Å². The lowest BCUT2D eigenvalue weighted by Crippen LogP contribution is -2.53. The Labute approximate surface area is 219 Å². The number of aryl methyl sites for hydroxylation is 1. The van der Waals surface area contributed by atoms with Gasteiger partial charge >= 0.3 is 6.09 Å². The SMILES string of the molecule is C#CN(C(=O)C(NC(=O)OC(C)(C)C)C(C)C)C(C(=O)Nc1ccc(OC)cc1)c1ccc(CC)cc1. The van der Waals surface area contributed by atoms with Crippen molar-refractivity contribution >= 4 is 23.6 Å². The first kappa shape index (κ1) is 29.2. The van der Waals surface area contributed by atoms with Crippen molar-refractivity contribution in [3.05, 3.63) is 59.7 Å². The molecule has 2 aromatic carbocycles. The van der Waals surface area contributed by atoms with E-state index in [-0.39, 0.29) is 5.92 Å². The summed E-state index contributed by atoms with van der Waals surface area (Å²) in [6.07, 6.45) is 5.89. The molecule has 3 amide bonds. The van der Waals surface area contributed by atoms with Crippen LogP contribution in [0.2, 0.25) is 0 Å². The Bertz CT molecular complexity index is 1110. The Morgan fingerprint density at radius 3 is 2.08 bits per heavy atom. The summed E-state index contributed by atoms with van der Waals surface area (Å²) in [4.78, 5) is 40.8. The number of carbonyl (C=O) groups is 3. The summed E-state index contributed by atoms with van der Waals surface area (Å²) >= 11 is 0. The van der Waals surface area contributed by atoms with E-state index in [1.54, 1.807) is 78.1 Å². The third kappa shape index (κ3) is 8.28. The second-order valence-electron chi connectivity index (χ2n) is 9.92. The van der Waals surface area contributed by atoms with Gasteiger partial charge in [0.2, 0.25) is 0 Å². The van der Waals surface area contributed by atoms with Crippen LogP contribution in [0.1, 0.15) is 58.7 Å². The lowest BCUT2D eigenvalue weighted by molar-refractivity contribution is -0.137. The predicted octanol–water partition coefficient (Wildman–Crippen LogP) is 4.91. The van der Waals surface area contributed by atoms with Crippen molar-refractivity contribution < 1.29 is 23.9 Å². The standard InChI is InChI=1S/C29H37N3O5/c1-9-20-11-13-21(14-12-20)25(26(33)30-22-15-17-23(36-8)18-16-22)32(10-2)27(34)24(19(3)4)31-28(35)37-29(5,6)7/h2,11-19,24-25H,9H2,1,3-8H3,(H,30,33)(H,31,35). The molecule has 0 heterocycles. The van der Waals surface area contributed by atoms with Gasteiger partial charge in [0.25, 0.3) is 11.8 Å². The van der Waals surface area contributed by atoms with Gasteiger partial charge in [-0.25, -0.2) is 4.79 Å². The molecule has 2 rings (SSSR count). The smallest absolute Gasteiger partial charge is 0.408 e. The molecule has 2 N–H and O–H groups in total. The molecule has 0 fully saturated rings. The van der Waals surface area contributed by atoms with Gasteiger partial charge in [-0.1, -0.05) is 51.5 Å². The third-order valence-corrected chi connectivity index (χ3v) is 5.55. The average Bonchev–Trinajstić information content (AvgIpc) is 2.84. The molecule has 0 aliphatic rings. The molecule has 0 saturated heterocycles. The van der Waals surface area contributed by atoms with E-state index < -0.39 is 35.6 Å². The summed E-state index contributed by atoms with van der Waals surface area (Å²) in [5, 5.41) is 5.45. The summed E-state index contributed by atoms with van der Waals surface area (Å²) in [5.74, 6) is -0.792. The van der Waals surface area contributed by atoms with Crippen LogP contribution < -0.4 is 15.4 Å². The van der Waals surface area contributed by atoms with Crippen LogP contribution in [-0.4, -0.2) is 41.6 Å². The molecule has 2 atom stereocenters. The van der Waals surface area contributed by atoms with Crippen molar-refractivity contribution in [2.24, 2.45) is 5.92 Å².